The molecule has 4 nitrogen and oxygen atoms in total. The Kier molecular flexibility index (Phi) is 6.40. The molecule has 118 valence electrons. The van der Waals surface area contributed by atoms with Crippen LogP contribution in [0.2, 0.25) is 0 Å². The predicted octanol–water partition coefficient (Wildman–Crippen LogP) is 3.13. The van der Waals surface area contributed by atoms with Crippen molar-refractivity contribution in [3.8, 4) is 0 Å². The number of hydrogen-bond donors (Lipinski definition) is 0. The highest BCUT2D eigenvalue weighted by Crippen LogP contribution is 2.17. The average molecular weight is 311 g/mol. The molecule has 5 heteroatoms. The van der Waals surface area contributed by atoms with Crippen LogP contribution in [0, 0.1) is 0 Å². The Balaban J connectivity index is 2.99. The average Bonchev–Trinajstić information content (AvgIpc) is 2.46. The molecule has 0 saturated carbocycles. The Morgan fingerprint density at radius 2 is 1.52 bits per heavy atom. The lowest BCUT2D eigenvalue weighted by molar-refractivity contribution is 0.0755. The zero-order valence-electron chi connectivity index (χ0n) is 13.3. The minimum absolute atomic E-state index is 0.0350. The van der Waals surface area contributed by atoms with Gasteiger partial charge in [-0.1, -0.05) is 13.8 Å². The highest BCUT2D eigenvalue weighted by molar-refractivity contribution is 7.92. The van der Waals surface area contributed by atoms with Crippen LogP contribution in [-0.4, -0.2) is 37.6 Å². The molecular formula is C16H25NO3S. The quantitative estimate of drug-likeness (QED) is 0.777. The van der Waals surface area contributed by atoms with Crippen LogP contribution in [0.5, 0.6) is 0 Å². The van der Waals surface area contributed by atoms with Gasteiger partial charge in [-0.05, 0) is 51.0 Å². The lowest BCUT2D eigenvalue weighted by Gasteiger charge is -2.21. The van der Waals surface area contributed by atoms with Gasteiger partial charge in [-0.2, -0.15) is 0 Å². The molecule has 0 heterocycles. The summed E-state index contributed by atoms with van der Waals surface area (Å²) in [5.41, 5.74) is 0.541. The summed E-state index contributed by atoms with van der Waals surface area (Å²) in [5, 5.41) is -0.462. The molecule has 0 aliphatic heterocycles. The first-order valence-electron chi connectivity index (χ1n) is 7.47. The van der Waals surface area contributed by atoms with Gasteiger partial charge in [-0.3, -0.25) is 4.79 Å². The summed E-state index contributed by atoms with van der Waals surface area (Å²) in [6, 6.07) is 6.27. The number of rotatable bonds is 7. The third kappa shape index (κ3) is 4.30. The first-order valence-corrected chi connectivity index (χ1v) is 9.02. The normalized spacial score (nSPS) is 11.7. The van der Waals surface area contributed by atoms with Gasteiger partial charge in [0.2, 0.25) is 0 Å². The molecule has 0 radical (unpaired) electrons. The number of benzene rings is 1. The molecule has 0 saturated heterocycles. The molecule has 0 aliphatic rings. The highest BCUT2D eigenvalue weighted by atomic mass is 32.2. The number of amides is 1. The summed E-state index contributed by atoms with van der Waals surface area (Å²) in [6.07, 6.45) is 1.82. The van der Waals surface area contributed by atoms with Crippen LogP contribution in [0.1, 0.15) is 50.9 Å². The Hall–Kier alpha value is -1.36. The van der Waals surface area contributed by atoms with Gasteiger partial charge in [0.1, 0.15) is 0 Å². The summed E-state index contributed by atoms with van der Waals surface area (Å²) in [7, 11) is -3.28. The molecule has 1 aromatic rings. The molecule has 0 aliphatic carbocycles. The van der Waals surface area contributed by atoms with Crippen LogP contribution in [0.3, 0.4) is 0 Å². The van der Waals surface area contributed by atoms with Crippen molar-refractivity contribution < 1.29 is 13.2 Å². The second-order valence-electron chi connectivity index (χ2n) is 5.41. The van der Waals surface area contributed by atoms with E-state index in [1.165, 1.54) is 12.1 Å². The first kappa shape index (κ1) is 17.7. The molecule has 0 fully saturated rings. The van der Waals surface area contributed by atoms with Crippen LogP contribution in [0.25, 0.3) is 0 Å². The van der Waals surface area contributed by atoms with Gasteiger partial charge in [0.05, 0.1) is 10.1 Å². The first-order chi connectivity index (χ1) is 9.84. The molecule has 21 heavy (non-hydrogen) atoms. The van der Waals surface area contributed by atoms with Crippen LogP contribution < -0.4 is 0 Å². The van der Waals surface area contributed by atoms with E-state index >= 15 is 0 Å². The second-order valence-corrected chi connectivity index (χ2v) is 7.91. The van der Waals surface area contributed by atoms with E-state index < -0.39 is 15.1 Å². The standard InChI is InChI=1S/C16H25NO3S/c1-5-11-17(12-6-2)16(18)14-7-9-15(10-8-14)21(19,20)13(3)4/h7-10,13H,5-6,11-12H2,1-4H3. The summed E-state index contributed by atoms with van der Waals surface area (Å²) in [6.45, 7) is 8.82. The van der Waals surface area contributed by atoms with Crippen molar-refractivity contribution in [3.63, 3.8) is 0 Å². The smallest absolute Gasteiger partial charge is 0.253 e. The maximum Gasteiger partial charge on any atom is 0.253 e. The second kappa shape index (κ2) is 7.59. The fraction of sp³-hybridized carbons (Fsp3) is 0.562. The molecule has 0 aromatic heterocycles. The molecular weight excluding hydrogens is 286 g/mol. The van der Waals surface area contributed by atoms with E-state index in [1.807, 2.05) is 18.7 Å². The number of carbonyl (C=O) groups excluding carboxylic acids is 1. The van der Waals surface area contributed by atoms with Crippen LogP contribution in [0.4, 0.5) is 0 Å². The summed E-state index contributed by atoms with van der Waals surface area (Å²) >= 11 is 0. The van der Waals surface area contributed by atoms with Gasteiger partial charge in [-0.15, -0.1) is 0 Å². The van der Waals surface area contributed by atoms with Crippen molar-refractivity contribution >= 4 is 15.7 Å². The zero-order chi connectivity index (χ0) is 16.0. The van der Waals surface area contributed by atoms with E-state index in [0.717, 1.165) is 25.9 Å². The summed E-state index contributed by atoms with van der Waals surface area (Å²) < 4.78 is 24.1. The van der Waals surface area contributed by atoms with Crippen molar-refractivity contribution in [2.75, 3.05) is 13.1 Å². The van der Waals surface area contributed by atoms with Gasteiger partial charge in [0.15, 0.2) is 9.84 Å². The van der Waals surface area contributed by atoms with Crippen LogP contribution in [-0.2, 0) is 9.84 Å². The maximum absolute atomic E-state index is 12.4. The topological polar surface area (TPSA) is 54.5 Å². The van der Waals surface area contributed by atoms with E-state index in [2.05, 4.69) is 0 Å². The van der Waals surface area contributed by atoms with E-state index in [1.54, 1.807) is 26.0 Å². The van der Waals surface area contributed by atoms with Gasteiger partial charge >= 0.3 is 0 Å². The Morgan fingerprint density at radius 3 is 1.90 bits per heavy atom. The number of hydrogen-bond acceptors (Lipinski definition) is 3. The summed E-state index contributed by atoms with van der Waals surface area (Å²) in [5.74, 6) is -0.0350. The monoisotopic (exact) mass is 311 g/mol. The van der Waals surface area contributed by atoms with E-state index in [4.69, 9.17) is 0 Å². The van der Waals surface area contributed by atoms with E-state index in [0.29, 0.717) is 5.56 Å². The van der Waals surface area contributed by atoms with Gasteiger partial charge in [0, 0.05) is 18.7 Å². The SMILES string of the molecule is CCCN(CCC)C(=O)c1ccc(S(=O)(=O)C(C)C)cc1. The van der Waals surface area contributed by atoms with E-state index in [9.17, 15) is 13.2 Å². The van der Waals surface area contributed by atoms with Crippen molar-refractivity contribution in [2.45, 2.75) is 50.7 Å². The number of carbonyl (C=O) groups is 1. The Morgan fingerprint density at radius 1 is 1.05 bits per heavy atom. The molecule has 0 bridgehead atoms. The minimum atomic E-state index is -3.28. The Bertz CT molecular complexity index is 556. The molecule has 1 amide bonds. The largest absolute Gasteiger partial charge is 0.339 e. The summed E-state index contributed by atoms with van der Waals surface area (Å²) in [4.78, 5) is 14.5. The van der Waals surface area contributed by atoms with Crippen molar-refractivity contribution in [1.82, 2.24) is 4.90 Å². The molecule has 0 spiro atoms. The predicted molar refractivity (Wildman–Crippen MR) is 85.2 cm³/mol. The van der Waals surface area contributed by atoms with Crippen LogP contribution >= 0.6 is 0 Å². The van der Waals surface area contributed by atoms with Crippen molar-refractivity contribution in [3.05, 3.63) is 29.8 Å². The fourth-order valence-corrected chi connectivity index (χ4v) is 3.16. The van der Waals surface area contributed by atoms with Crippen molar-refractivity contribution in [1.29, 1.82) is 0 Å². The molecule has 0 unspecified atom stereocenters. The molecule has 1 rings (SSSR count). The third-order valence-corrected chi connectivity index (χ3v) is 5.50. The van der Waals surface area contributed by atoms with Gasteiger partial charge < -0.3 is 4.90 Å². The number of nitrogens with zero attached hydrogens (tertiary/aromatic N) is 1. The van der Waals surface area contributed by atoms with Gasteiger partial charge in [0.25, 0.3) is 5.91 Å². The number of sulfone groups is 1. The molecule has 0 atom stereocenters. The molecule has 1 aromatic carbocycles. The van der Waals surface area contributed by atoms with Crippen molar-refractivity contribution in [2.24, 2.45) is 0 Å². The minimum Gasteiger partial charge on any atom is -0.339 e. The lowest BCUT2D eigenvalue weighted by atomic mass is 10.2. The maximum atomic E-state index is 12.4. The third-order valence-electron chi connectivity index (χ3n) is 3.32. The van der Waals surface area contributed by atoms with E-state index in [-0.39, 0.29) is 10.8 Å². The molecule has 0 N–H and O–H groups in total. The lowest BCUT2D eigenvalue weighted by Crippen LogP contribution is -2.32. The highest BCUT2D eigenvalue weighted by Gasteiger charge is 2.20. The Labute approximate surface area is 128 Å². The fourth-order valence-electron chi connectivity index (χ4n) is 2.10. The van der Waals surface area contributed by atoms with Crippen LogP contribution in [0.15, 0.2) is 29.2 Å². The zero-order valence-corrected chi connectivity index (χ0v) is 14.1. The van der Waals surface area contributed by atoms with Gasteiger partial charge in [-0.25, -0.2) is 8.42 Å².